The number of hydrogen-bond acceptors (Lipinski definition) is 1. The predicted octanol–water partition coefficient (Wildman–Crippen LogP) is 4.90. The molecule has 2 rings (SSSR count). The van der Waals surface area contributed by atoms with Gasteiger partial charge in [0, 0.05) is 0 Å². The second-order valence-corrected chi connectivity index (χ2v) is 4.59. The first-order chi connectivity index (χ1) is 7.58. The number of anilines is 1. The number of benzene rings is 2. The monoisotopic (exact) mass is 271 g/mol. The number of nitrogen functional groups attached to an aromatic ring is 1. The minimum absolute atomic E-state index is 0.521. The van der Waals surface area contributed by atoms with Crippen molar-refractivity contribution in [3.63, 3.8) is 0 Å². The lowest BCUT2D eigenvalue weighted by Crippen LogP contribution is -1.87. The molecule has 0 atom stereocenters. The van der Waals surface area contributed by atoms with Gasteiger partial charge in [0.15, 0.2) is 0 Å². The van der Waals surface area contributed by atoms with Crippen LogP contribution in [0.2, 0.25) is 15.1 Å². The van der Waals surface area contributed by atoms with E-state index in [1.165, 1.54) is 0 Å². The van der Waals surface area contributed by atoms with Crippen LogP contribution in [-0.4, -0.2) is 0 Å². The van der Waals surface area contributed by atoms with Crippen molar-refractivity contribution < 1.29 is 0 Å². The Balaban J connectivity index is 2.50. The highest BCUT2D eigenvalue weighted by Crippen LogP contribution is 2.31. The highest BCUT2D eigenvalue weighted by atomic mass is 35.5. The molecule has 0 aliphatic rings. The molecule has 82 valence electrons. The van der Waals surface area contributed by atoms with E-state index in [9.17, 15) is 0 Å². The van der Waals surface area contributed by atoms with Crippen LogP contribution in [-0.2, 0) is 0 Å². The normalized spacial score (nSPS) is 10.4. The van der Waals surface area contributed by atoms with Gasteiger partial charge in [-0.25, -0.2) is 0 Å². The second kappa shape index (κ2) is 4.54. The molecule has 0 radical (unpaired) electrons. The molecule has 0 amide bonds. The second-order valence-electron chi connectivity index (χ2n) is 3.37. The van der Waals surface area contributed by atoms with Gasteiger partial charge in [-0.2, -0.15) is 0 Å². The fraction of sp³-hybridized carbons (Fsp3) is 0. The molecule has 0 aliphatic heterocycles. The Morgan fingerprint density at radius 2 is 1.25 bits per heavy atom. The molecule has 0 unspecified atom stereocenters. The molecule has 0 saturated carbocycles. The molecule has 4 heteroatoms. The quantitative estimate of drug-likeness (QED) is 0.734. The first-order valence-electron chi connectivity index (χ1n) is 4.58. The van der Waals surface area contributed by atoms with Crippen molar-refractivity contribution >= 4 is 40.5 Å². The first kappa shape index (κ1) is 11.6. The van der Waals surface area contributed by atoms with Crippen molar-refractivity contribution in [2.24, 2.45) is 0 Å². The molecular formula is C12H8Cl3N. The molecule has 0 saturated heterocycles. The lowest BCUT2D eigenvalue weighted by atomic mass is 10.1. The summed E-state index contributed by atoms with van der Waals surface area (Å²) in [6.07, 6.45) is 0. The van der Waals surface area contributed by atoms with Gasteiger partial charge in [0.05, 0.1) is 20.8 Å². The Hall–Kier alpha value is -0.890. The van der Waals surface area contributed by atoms with E-state index in [4.69, 9.17) is 40.5 Å². The van der Waals surface area contributed by atoms with Gasteiger partial charge in [0.25, 0.3) is 0 Å². The fourth-order valence-corrected chi connectivity index (χ4v) is 1.81. The van der Waals surface area contributed by atoms with E-state index < -0.39 is 0 Å². The molecule has 0 fully saturated rings. The van der Waals surface area contributed by atoms with Gasteiger partial charge in [-0.05, 0) is 35.4 Å². The third-order valence-corrected chi connectivity index (χ3v) is 3.33. The van der Waals surface area contributed by atoms with E-state index in [-0.39, 0.29) is 0 Å². The topological polar surface area (TPSA) is 26.0 Å². The van der Waals surface area contributed by atoms with Crippen LogP contribution in [0.25, 0.3) is 11.1 Å². The van der Waals surface area contributed by atoms with Crippen LogP contribution in [0.5, 0.6) is 0 Å². The Labute approximate surface area is 109 Å². The molecule has 0 heterocycles. The summed E-state index contributed by atoms with van der Waals surface area (Å²) in [6, 6.07) is 10.9. The number of halogens is 3. The van der Waals surface area contributed by atoms with E-state index in [1.807, 2.05) is 18.2 Å². The van der Waals surface area contributed by atoms with E-state index in [0.29, 0.717) is 20.8 Å². The van der Waals surface area contributed by atoms with Crippen LogP contribution in [0, 0.1) is 0 Å². The van der Waals surface area contributed by atoms with Gasteiger partial charge in [-0.15, -0.1) is 0 Å². The predicted molar refractivity (Wildman–Crippen MR) is 71.3 cm³/mol. The van der Waals surface area contributed by atoms with Crippen molar-refractivity contribution in [2.75, 3.05) is 5.73 Å². The molecular weight excluding hydrogens is 264 g/mol. The van der Waals surface area contributed by atoms with Crippen LogP contribution in [0.4, 0.5) is 5.69 Å². The third-order valence-electron chi connectivity index (χ3n) is 2.25. The highest BCUT2D eigenvalue weighted by Gasteiger charge is 2.04. The summed E-state index contributed by atoms with van der Waals surface area (Å²) in [7, 11) is 0. The molecule has 0 aliphatic carbocycles. The van der Waals surface area contributed by atoms with Crippen LogP contribution < -0.4 is 5.73 Å². The summed E-state index contributed by atoms with van der Waals surface area (Å²) < 4.78 is 0. The van der Waals surface area contributed by atoms with Crippen LogP contribution >= 0.6 is 34.8 Å². The largest absolute Gasteiger partial charge is 0.398 e. The summed E-state index contributed by atoms with van der Waals surface area (Å²) in [4.78, 5) is 0. The summed E-state index contributed by atoms with van der Waals surface area (Å²) >= 11 is 17.6. The fourth-order valence-electron chi connectivity index (χ4n) is 1.40. The maximum absolute atomic E-state index is 5.95. The standard InChI is InChI=1S/C12H8Cl3N/c13-9-3-1-7(5-11(9)15)8-2-4-10(14)12(16)6-8/h1-6H,16H2. The van der Waals surface area contributed by atoms with Crippen molar-refractivity contribution in [3.05, 3.63) is 51.5 Å². The number of rotatable bonds is 1. The molecule has 0 aromatic heterocycles. The van der Waals surface area contributed by atoms with Crippen molar-refractivity contribution in [3.8, 4) is 11.1 Å². The van der Waals surface area contributed by atoms with Gasteiger partial charge in [0.1, 0.15) is 0 Å². The van der Waals surface area contributed by atoms with Crippen LogP contribution in [0.3, 0.4) is 0 Å². The SMILES string of the molecule is Nc1cc(-c2ccc(Cl)c(Cl)c2)ccc1Cl. The Bertz CT molecular complexity index is 488. The molecule has 2 N–H and O–H groups in total. The van der Waals surface area contributed by atoms with Crippen LogP contribution in [0.15, 0.2) is 36.4 Å². The summed E-state index contributed by atoms with van der Waals surface area (Å²) in [5.41, 5.74) is 8.20. The van der Waals surface area contributed by atoms with Gasteiger partial charge >= 0.3 is 0 Å². The minimum Gasteiger partial charge on any atom is -0.398 e. The average molecular weight is 273 g/mol. The Morgan fingerprint density at radius 3 is 1.81 bits per heavy atom. The molecule has 16 heavy (non-hydrogen) atoms. The molecule has 2 aromatic rings. The summed E-state index contributed by atoms with van der Waals surface area (Å²) in [6.45, 7) is 0. The molecule has 0 bridgehead atoms. The van der Waals surface area contributed by atoms with Gasteiger partial charge in [0.2, 0.25) is 0 Å². The average Bonchev–Trinajstić information content (AvgIpc) is 2.26. The molecule has 1 nitrogen and oxygen atoms in total. The van der Waals surface area contributed by atoms with Crippen molar-refractivity contribution in [2.45, 2.75) is 0 Å². The third kappa shape index (κ3) is 2.27. The van der Waals surface area contributed by atoms with E-state index in [1.54, 1.807) is 18.2 Å². The van der Waals surface area contributed by atoms with E-state index in [0.717, 1.165) is 11.1 Å². The zero-order valence-corrected chi connectivity index (χ0v) is 10.4. The zero-order chi connectivity index (χ0) is 11.7. The molecule has 0 spiro atoms. The van der Waals surface area contributed by atoms with Crippen molar-refractivity contribution in [1.82, 2.24) is 0 Å². The molecule has 2 aromatic carbocycles. The van der Waals surface area contributed by atoms with Gasteiger partial charge in [-0.3, -0.25) is 0 Å². The first-order valence-corrected chi connectivity index (χ1v) is 5.72. The van der Waals surface area contributed by atoms with Crippen LogP contribution in [0.1, 0.15) is 0 Å². The smallest absolute Gasteiger partial charge is 0.0635 e. The maximum Gasteiger partial charge on any atom is 0.0635 e. The number of hydrogen-bond donors (Lipinski definition) is 1. The zero-order valence-electron chi connectivity index (χ0n) is 8.18. The Morgan fingerprint density at radius 1 is 0.688 bits per heavy atom. The van der Waals surface area contributed by atoms with E-state index >= 15 is 0 Å². The summed E-state index contributed by atoms with van der Waals surface area (Å²) in [5, 5.41) is 1.60. The lowest BCUT2D eigenvalue weighted by molar-refractivity contribution is 1.61. The van der Waals surface area contributed by atoms with E-state index in [2.05, 4.69) is 0 Å². The van der Waals surface area contributed by atoms with Crippen molar-refractivity contribution in [1.29, 1.82) is 0 Å². The minimum atomic E-state index is 0.521. The Kier molecular flexibility index (Phi) is 3.29. The highest BCUT2D eigenvalue weighted by molar-refractivity contribution is 6.42. The van der Waals surface area contributed by atoms with Gasteiger partial charge in [-0.1, -0.05) is 46.9 Å². The maximum atomic E-state index is 5.95. The summed E-state index contributed by atoms with van der Waals surface area (Å²) in [5.74, 6) is 0. The lowest BCUT2D eigenvalue weighted by Gasteiger charge is -2.05. The number of nitrogens with two attached hydrogens (primary N) is 1. The van der Waals surface area contributed by atoms with Gasteiger partial charge < -0.3 is 5.73 Å².